The number of benzene rings is 4. The summed E-state index contributed by atoms with van der Waals surface area (Å²) < 4.78 is 11.7. The standard InChI is InChI=1S/C35H33N3O8/c39-27-18-14-24(15-19-27)32(40)37-29-21-38(35(43)44)20-6-11-31(29)46-34(42)25-12-16-26(17-13-25)36-33(41)28-9-4-5-10-30(28)45-22-23-7-2-1-3-8-23/h1-5,7-10,12-19,29,31,39H,6,11,20-22H2,(H,36,41)(H,37,40)(H,43,44). The molecule has 11 nitrogen and oxygen atoms in total. The lowest BCUT2D eigenvalue weighted by atomic mass is 10.1. The van der Waals surface area contributed by atoms with E-state index in [4.69, 9.17) is 9.47 Å². The Balaban J connectivity index is 1.23. The highest BCUT2D eigenvalue weighted by atomic mass is 16.5. The Morgan fingerprint density at radius 3 is 2.20 bits per heavy atom. The Kier molecular flexibility index (Phi) is 10.1. The summed E-state index contributed by atoms with van der Waals surface area (Å²) in [6.45, 7) is 0.459. The number of carbonyl (C=O) groups is 4. The number of rotatable bonds is 9. The molecule has 46 heavy (non-hydrogen) atoms. The van der Waals surface area contributed by atoms with Crippen LogP contribution in [-0.2, 0) is 11.3 Å². The van der Waals surface area contributed by atoms with Gasteiger partial charge in [0, 0.05) is 24.3 Å². The normalized spacial score (nSPS) is 16.0. The van der Waals surface area contributed by atoms with E-state index in [0.29, 0.717) is 36.4 Å². The fourth-order valence-electron chi connectivity index (χ4n) is 5.06. The van der Waals surface area contributed by atoms with Crippen molar-refractivity contribution >= 4 is 29.6 Å². The number of para-hydroxylation sites is 1. The fourth-order valence-corrected chi connectivity index (χ4v) is 5.06. The van der Waals surface area contributed by atoms with E-state index in [-0.39, 0.29) is 35.9 Å². The average molecular weight is 624 g/mol. The zero-order valence-electron chi connectivity index (χ0n) is 24.8. The first-order valence-corrected chi connectivity index (χ1v) is 14.7. The van der Waals surface area contributed by atoms with Crippen LogP contribution >= 0.6 is 0 Å². The van der Waals surface area contributed by atoms with Gasteiger partial charge in [-0.1, -0.05) is 42.5 Å². The molecule has 0 aliphatic carbocycles. The second-order valence-corrected chi connectivity index (χ2v) is 10.7. The second-order valence-electron chi connectivity index (χ2n) is 10.7. The van der Waals surface area contributed by atoms with Gasteiger partial charge in [-0.15, -0.1) is 0 Å². The monoisotopic (exact) mass is 623 g/mol. The van der Waals surface area contributed by atoms with E-state index in [1.807, 2.05) is 30.3 Å². The Morgan fingerprint density at radius 1 is 0.804 bits per heavy atom. The lowest BCUT2D eigenvalue weighted by molar-refractivity contribution is 0.0179. The van der Waals surface area contributed by atoms with E-state index in [1.54, 1.807) is 36.4 Å². The molecule has 5 rings (SSSR count). The molecule has 4 aromatic carbocycles. The molecule has 236 valence electrons. The molecule has 0 aromatic heterocycles. The van der Waals surface area contributed by atoms with Gasteiger partial charge in [0.05, 0.1) is 17.2 Å². The van der Waals surface area contributed by atoms with Crippen molar-refractivity contribution in [3.63, 3.8) is 0 Å². The van der Waals surface area contributed by atoms with E-state index in [9.17, 15) is 29.4 Å². The van der Waals surface area contributed by atoms with Crippen LogP contribution in [0.15, 0.2) is 103 Å². The van der Waals surface area contributed by atoms with E-state index < -0.39 is 30.1 Å². The van der Waals surface area contributed by atoms with Crippen LogP contribution in [0.4, 0.5) is 10.5 Å². The van der Waals surface area contributed by atoms with Gasteiger partial charge in [0.15, 0.2) is 0 Å². The van der Waals surface area contributed by atoms with E-state index in [0.717, 1.165) is 5.56 Å². The number of anilines is 1. The molecule has 1 fully saturated rings. The number of esters is 1. The number of carbonyl (C=O) groups excluding carboxylic acids is 3. The average Bonchev–Trinajstić information content (AvgIpc) is 3.27. The molecule has 1 aliphatic rings. The number of nitrogens with zero attached hydrogens (tertiary/aromatic N) is 1. The van der Waals surface area contributed by atoms with Gasteiger partial charge < -0.3 is 35.2 Å². The summed E-state index contributed by atoms with van der Waals surface area (Å²) in [4.78, 5) is 52.1. The minimum absolute atomic E-state index is 0.00173. The van der Waals surface area contributed by atoms with E-state index >= 15 is 0 Å². The van der Waals surface area contributed by atoms with Crippen molar-refractivity contribution in [1.82, 2.24) is 10.2 Å². The summed E-state index contributed by atoms with van der Waals surface area (Å²) in [5.74, 6) is -1.10. The van der Waals surface area contributed by atoms with Gasteiger partial charge in [-0.3, -0.25) is 9.59 Å². The molecule has 11 heteroatoms. The van der Waals surface area contributed by atoms with Gasteiger partial charge in [0.1, 0.15) is 24.2 Å². The van der Waals surface area contributed by atoms with Crippen molar-refractivity contribution in [1.29, 1.82) is 0 Å². The largest absolute Gasteiger partial charge is 0.508 e. The third kappa shape index (κ3) is 8.20. The molecule has 1 aliphatic heterocycles. The van der Waals surface area contributed by atoms with Gasteiger partial charge in [-0.05, 0) is 79.1 Å². The van der Waals surface area contributed by atoms with Crippen molar-refractivity contribution in [3.05, 3.63) is 125 Å². The molecule has 0 spiro atoms. The Labute approximate surface area is 265 Å². The predicted octanol–water partition coefficient (Wildman–Crippen LogP) is 5.32. The third-order valence-corrected chi connectivity index (χ3v) is 7.50. The van der Waals surface area contributed by atoms with Crippen LogP contribution in [0.1, 0.15) is 49.5 Å². The minimum atomic E-state index is -1.14. The van der Waals surface area contributed by atoms with Gasteiger partial charge in [0.25, 0.3) is 11.8 Å². The first-order chi connectivity index (χ1) is 22.3. The number of nitrogens with one attached hydrogen (secondary N) is 2. The summed E-state index contributed by atoms with van der Waals surface area (Å²) in [5.41, 5.74) is 2.25. The van der Waals surface area contributed by atoms with E-state index in [2.05, 4.69) is 10.6 Å². The van der Waals surface area contributed by atoms with Crippen molar-refractivity contribution < 1.29 is 38.9 Å². The highest BCUT2D eigenvalue weighted by Gasteiger charge is 2.33. The smallest absolute Gasteiger partial charge is 0.407 e. The van der Waals surface area contributed by atoms with Crippen molar-refractivity contribution in [2.24, 2.45) is 0 Å². The topological polar surface area (TPSA) is 154 Å². The molecule has 3 amide bonds. The summed E-state index contributed by atoms with van der Waals surface area (Å²) in [7, 11) is 0. The fraction of sp³-hybridized carbons (Fsp3) is 0.200. The highest BCUT2D eigenvalue weighted by molar-refractivity contribution is 6.06. The van der Waals surface area contributed by atoms with Crippen LogP contribution in [0.2, 0.25) is 0 Å². The molecule has 1 heterocycles. The zero-order valence-corrected chi connectivity index (χ0v) is 24.8. The van der Waals surface area contributed by atoms with Gasteiger partial charge in [0.2, 0.25) is 0 Å². The van der Waals surface area contributed by atoms with Crippen LogP contribution in [0.5, 0.6) is 11.5 Å². The Morgan fingerprint density at radius 2 is 1.48 bits per heavy atom. The summed E-state index contributed by atoms with van der Waals surface area (Å²) in [5, 5.41) is 24.7. The number of phenols is 1. The number of likely N-dealkylation sites (tertiary alicyclic amines) is 1. The Hall–Kier alpha value is -5.84. The lowest BCUT2D eigenvalue weighted by Gasteiger charge is -2.28. The SMILES string of the molecule is O=C(NC1CN(C(=O)O)CCCC1OC(=O)c1ccc(NC(=O)c2ccccc2OCc2ccccc2)cc1)c1ccc(O)cc1. The molecular weight excluding hydrogens is 590 g/mol. The van der Waals surface area contributed by atoms with E-state index in [1.165, 1.54) is 41.3 Å². The number of hydrogen-bond donors (Lipinski definition) is 4. The number of amides is 3. The molecule has 0 saturated carbocycles. The maximum atomic E-state index is 13.2. The van der Waals surface area contributed by atoms with Crippen molar-refractivity contribution in [2.75, 3.05) is 18.4 Å². The van der Waals surface area contributed by atoms with Gasteiger partial charge in [-0.25, -0.2) is 9.59 Å². The molecule has 2 atom stereocenters. The Bertz CT molecular complexity index is 1680. The lowest BCUT2D eigenvalue weighted by Crippen LogP contribution is -2.51. The molecule has 0 radical (unpaired) electrons. The number of carboxylic acid groups (broad SMARTS) is 1. The summed E-state index contributed by atoms with van der Waals surface area (Å²) >= 11 is 0. The van der Waals surface area contributed by atoms with Gasteiger partial charge in [-0.2, -0.15) is 0 Å². The molecular formula is C35H33N3O8. The predicted molar refractivity (Wildman–Crippen MR) is 169 cm³/mol. The zero-order chi connectivity index (χ0) is 32.5. The number of hydrogen-bond acceptors (Lipinski definition) is 7. The van der Waals surface area contributed by atoms with Crippen LogP contribution in [0.25, 0.3) is 0 Å². The maximum Gasteiger partial charge on any atom is 0.407 e. The van der Waals surface area contributed by atoms with Crippen LogP contribution in [-0.4, -0.2) is 64.2 Å². The molecule has 4 aromatic rings. The van der Waals surface area contributed by atoms with Crippen molar-refractivity contribution in [3.8, 4) is 11.5 Å². The van der Waals surface area contributed by atoms with Crippen LogP contribution < -0.4 is 15.4 Å². The first-order valence-electron chi connectivity index (χ1n) is 14.7. The van der Waals surface area contributed by atoms with Crippen LogP contribution in [0.3, 0.4) is 0 Å². The number of ether oxygens (including phenoxy) is 2. The first kappa shape index (κ1) is 31.6. The third-order valence-electron chi connectivity index (χ3n) is 7.50. The maximum absolute atomic E-state index is 13.2. The highest BCUT2D eigenvalue weighted by Crippen LogP contribution is 2.23. The molecule has 0 bridgehead atoms. The molecule has 1 saturated heterocycles. The minimum Gasteiger partial charge on any atom is -0.508 e. The summed E-state index contributed by atoms with van der Waals surface area (Å²) in [6, 6.07) is 27.5. The van der Waals surface area contributed by atoms with Crippen molar-refractivity contribution in [2.45, 2.75) is 31.6 Å². The molecule has 4 N–H and O–H groups in total. The van der Waals surface area contributed by atoms with Crippen LogP contribution in [0, 0.1) is 0 Å². The quantitative estimate of drug-likeness (QED) is 0.183. The van der Waals surface area contributed by atoms with Gasteiger partial charge >= 0.3 is 12.1 Å². The number of aromatic hydroxyl groups is 1. The molecule has 2 unspecified atom stereocenters. The second kappa shape index (κ2) is 14.8. The number of phenolic OH excluding ortho intramolecular Hbond substituents is 1. The summed E-state index contributed by atoms with van der Waals surface area (Å²) in [6.07, 6.45) is -1.18.